The Morgan fingerprint density at radius 3 is 2.62 bits per heavy atom. The Bertz CT molecular complexity index is 550. The van der Waals surface area contributed by atoms with Gasteiger partial charge in [0.25, 0.3) is 0 Å². The van der Waals surface area contributed by atoms with Gasteiger partial charge in [0.2, 0.25) is 0 Å². The van der Waals surface area contributed by atoms with Crippen LogP contribution in [0.2, 0.25) is 0 Å². The minimum atomic E-state index is -0.866. The summed E-state index contributed by atoms with van der Waals surface area (Å²) < 4.78 is 4.80. The fourth-order valence-corrected chi connectivity index (χ4v) is 2.95. The number of anilines is 1. The van der Waals surface area contributed by atoms with Crippen molar-refractivity contribution in [1.82, 2.24) is 0 Å². The van der Waals surface area contributed by atoms with E-state index in [1.807, 2.05) is 18.7 Å². The highest BCUT2D eigenvalue weighted by atomic mass is 32.1. The van der Waals surface area contributed by atoms with Crippen LogP contribution in [-0.4, -0.2) is 37.2 Å². The number of carboxylic acids is 1. The molecule has 6 heteroatoms. The van der Waals surface area contributed by atoms with Crippen molar-refractivity contribution in [3.63, 3.8) is 0 Å². The average Bonchev–Trinajstić information content (AvgIpc) is 2.78. The number of carbonyl (C=O) groups excluding carboxylic acids is 1. The summed E-state index contributed by atoms with van der Waals surface area (Å²) in [4.78, 5) is 25.8. The maximum Gasteiger partial charge on any atom is 0.340 e. The third-order valence-corrected chi connectivity index (χ3v) is 4.02. The number of hydrogen-bond acceptors (Lipinski definition) is 5. The molecule has 5 nitrogen and oxygen atoms in total. The maximum atomic E-state index is 11.9. The molecule has 0 aliphatic carbocycles. The third-order valence-electron chi connectivity index (χ3n) is 2.90. The first-order valence-corrected chi connectivity index (χ1v) is 7.38. The number of methoxy groups -OCH3 is 1. The first-order valence-electron chi connectivity index (χ1n) is 6.57. The Kier molecular flexibility index (Phi) is 5.96. The Hall–Kier alpha value is -1.82. The van der Waals surface area contributed by atoms with Gasteiger partial charge in [-0.25, -0.2) is 4.79 Å². The number of aryl methyl sites for hydroxylation is 1. The highest BCUT2D eigenvalue weighted by molar-refractivity contribution is 7.16. The first kappa shape index (κ1) is 17.2. The van der Waals surface area contributed by atoms with Crippen LogP contribution in [0.5, 0.6) is 0 Å². The Morgan fingerprint density at radius 2 is 2.14 bits per heavy atom. The summed E-state index contributed by atoms with van der Waals surface area (Å²) in [6.45, 7) is 10.1. The predicted octanol–water partition coefficient (Wildman–Crippen LogP) is 2.95. The summed E-state index contributed by atoms with van der Waals surface area (Å²) in [6, 6.07) is 1.77. The van der Waals surface area contributed by atoms with Gasteiger partial charge in [0.15, 0.2) is 0 Å². The molecule has 1 unspecified atom stereocenters. The Labute approximate surface area is 128 Å². The molecule has 0 aromatic carbocycles. The van der Waals surface area contributed by atoms with Crippen molar-refractivity contribution in [3.05, 3.63) is 28.7 Å². The molecule has 116 valence electrons. The van der Waals surface area contributed by atoms with Crippen LogP contribution >= 0.6 is 11.3 Å². The summed E-state index contributed by atoms with van der Waals surface area (Å²) in [6.07, 6.45) is 0. The number of carbonyl (C=O) groups is 2. The van der Waals surface area contributed by atoms with Gasteiger partial charge >= 0.3 is 11.9 Å². The monoisotopic (exact) mass is 311 g/mol. The molecule has 0 amide bonds. The molecular formula is C15H21NO4S. The van der Waals surface area contributed by atoms with E-state index in [1.54, 1.807) is 13.0 Å². The average molecular weight is 311 g/mol. The smallest absolute Gasteiger partial charge is 0.340 e. The van der Waals surface area contributed by atoms with E-state index in [9.17, 15) is 9.59 Å². The lowest BCUT2D eigenvalue weighted by atomic mass is 10.1. The topological polar surface area (TPSA) is 66.8 Å². The van der Waals surface area contributed by atoms with Crippen LogP contribution in [0.15, 0.2) is 18.2 Å². The van der Waals surface area contributed by atoms with Gasteiger partial charge in [-0.15, -0.1) is 11.3 Å². The highest BCUT2D eigenvalue weighted by Crippen LogP contribution is 2.32. The molecule has 0 radical (unpaired) electrons. The molecule has 0 aliphatic rings. The van der Waals surface area contributed by atoms with E-state index in [1.165, 1.54) is 18.4 Å². The lowest BCUT2D eigenvalue weighted by Crippen LogP contribution is -2.33. The van der Waals surface area contributed by atoms with Gasteiger partial charge in [0.1, 0.15) is 5.00 Å². The number of carboxylic acid groups (broad SMARTS) is 1. The molecular weight excluding hydrogens is 290 g/mol. The second-order valence-electron chi connectivity index (χ2n) is 5.14. The number of esters is 1. The highest BCUT2D eigenvalue weighted by Gasteiger charge is 2.23. The lowest BCUT2D eigenvalue weighted by molar-refractivity contribution is -0.140. The molecule has 0 fully saturated rings. The standard InChI is InChI=1S/C15H21NO4S/c1-9(2)7-16(8-10(3)14(17)18)13-12(15(19)20-5)6-11(4)21-13/h6,10H,1,7-8H2,2-5H3,(H,17,18). The molecule has 21 heavy (non-hydrogen) atoms. The molecule has 1 aromatic heterocycles. The van der Waals surface area contributed by atoms with E-state index in [2.05, 4.69) is 6.58 Å². The number of aliphatic carboxylic acids is 1. The molecule has 1 rings (SSSR count). The number of rotatable bonds is 7. The molecule has 1 N–H and O–H groups in total. The number of hydrogen-bond donors (Lipinski definition) is 1. The SMILES string of the molecule is C=C(C)CN(CC(C)C(=O)O)c1sc(C)cc1C(=O)OC. The zero-order chi connectivity index (χ0) is 16.2. The second kappa shape index (κ2) is 7.26. The van der Waals surface area contributed by atoms with Crippen molar-refractivity contribution >= 4 is 28.3 Å². The minimum absolute atomic E-state index is 0.312. The van der Waals surface area contributed by atoms with Crippen molar-refractivity contribution in [1.29, 1.82) is 0 Å². The van der Waals surface area contributed by atoms with Crippen molar-refractivity contribution in [3.8, 4) is 0 Å². The Balaban J connectivity index is 3.16. The van der Waals surface area contributed by atoms with Gasteiger partial charge in [-0.3, -0.25) is 4.79 Å². The van der Waals surface area contributed by atoms with E-state index in [0.29, 0.717) is 18.7 Å². The largest absolute Gasteiger partial charge is 0.481 e. The van der Waals surface area contributed by atoms with E-state index in [-0.39, 0.29) is 0 Å². The molecule has 0 spiro atoms. The molecule has 1 atom stereocenters. The van der Waals surface area contributed by atoms with Crippen LogP contribution in [-0.2, 0) is 9.53 Å². The van der Waals surface area contributed by atoms with Crippen LogP contribution in [0.25, 0.3) is 0 Å². The molecule has 1 aromatic rings. The molecule has 0 aliphatic heterocycles. The van der Waals surface area contributed by atoms with Gasteiger partial charge in [0.05, 0.1) is 18.6 Å². The Morgan fingerprint density at radius 1 is 1.52 bits per heavy atom. The minimum Gasteiger partial charge on any atom is -0.481 e. The van der Waals surface area contributed by atoms with E-state index < -0.39 is 17.9 Å². The van der Waals surface area contributed by atoms with Gasteiger partial charge < -0.3 is 14.7 Å². The van der Waals surface area contributed by atoms with Gasteiger partial charge in [-0.2, -0.15) is 0 Å². The van der Waals surface area contributed by atoms with Crippen LogP contribution in [0.1, 0.15) is 29.1 Å². The molecule has 0 bridgehead atoms. The fourth-order valence-electron chi connectivity index (χ4n) is 1.95. The fraction of sp³-hybridized carbons (Fsp3) is 0.467. The zero-order valence-electron chi connectivity index (χ0n) is 12.8. The first-order chi connectivity index (χ1) is 9.76. The van der Waals surface area contributed by atoms with Crippen LogP contribution in [0.4, 0.5) is 5.00 Å². The quantitative estimate of drug-likeness (QED) is 0.619. The van der Waals surface area contributed by atoms with Gasteiger partial charge in [-0.1, -0.05) is 19.1 Å². The van der Waals surface area contributed by atoms with Crippen LogP contribution < -0.4 is 4.90 Å². The molecule has 0 saturated carbocycles. The molecule has 0 saturated heterocycles. The lowest BCUT2D eigenvalue weighted by Gasteiger charge is -2.26. The van der Waals surface area contributed by atoms with E-state index in [4.69, 9.17) is 9.84 Å². The third kappa shape index (κ3) is 4.60. The van der Waals surface area contributed by atoms with Crippen molar-refractivity contribution in [2.45, 2.75) is 20.8 Å². The van der Waals surface area contributed by atoms with Crippen molar-refractivity contribution in [2.75, 3.05) is 25.1 Å². The summed E-state index contributed by atoms with van der Waals surface area (Å²) in [7, 11) is 1.34. The van der Waals surface area contributed by atoms with E-state index >= 15 is 0 Å². The van der Waals surface area contributed by atoms with Crippen molar-refractivity contribution in [2.24, 2.45) is 5.92 Å². The maximum absolute atomic E-state index is 11.9. The summed E-state index contributed by atoms with van der Waals surface area (Å²) >= 11 is 1.45. The zero-order valence-corrected chi connectivity index (χ0v) is 13.6. The van der Waals surface area contributed by atoms with Crippen molar-refractivity contribution < 1.29 is 19.4 Å². The summed E-state index contributed by atoms with van der Waals surface area (Å²) in [5.74, 6) is -1.82. The van der Waals surface area contributed by atoms with Gasteiger partial charge in [-0.05, 0) is 19.9 Å². The van der Waals surface area contributed by atoms with Crippen LogP contribution in [0, 0.1) is 12.8 Å². The predicted molar refractivity (Wildman–Crippen MR) is 84.2 cm³/mol. The molecule has 1 heterocycles. The number of nitrogens with zero attached hydrogens (tertiary/aromatic N) is 1. The summed E-state index contributed by atoms with van der Waals surface area (Å²) in [5.41, 5.74) is 1.37. The van der Waals surface area contributed by atoms with Gasteiger partial charge in [0, 0.05) is 18.0 Å². The summed E-state index contributed by atoms with van der Waals surface area (Å²) in [5, 5.41) is 9.84. The number of thiophene rings is 1. The van der Waals surface area contributed by atoms with Crippen LogP contribution in [0.3, 0.4) is 0 Å². The number of ether oxygens (including phenoxy) is 1. The second-order valence-corrected chi connectivity index (χ2v) is 6.38. The normalized spacial score (nSPS) is 11.8. The van der Waals surface area contributed by atoms with E-state index in [0.717, 1.165) is 15.5 Å².